The fraction of sp³-hybridized carbons (Fsp3) is 0.321. The number of phenolic OH excluding ortho intramolecular Hbond substituents is 1. The van der Waals surface area contributed by atoms with Crippen LogP contribution < -0.4 is 10.2 Å². The van der Waals surface area contributed by atoms with E-state index in [1.165, 1.54) is 21.8 Å². The predicted molar refractivity (Wildman–Crippen MR) is 140 cm³/mol. The number of tetrazole rings is 1. The number of nitrogens with one attached hydrogen (secondary N) is 1. The Morgan fingerprint density at radius 3 is 2.55 bits per heavy atom. The molecule has 196 valence electrons. The first-order chi connectivity index (χ1) is 18.4. The number of aromatic nitrogens is 4. The minimum Gasteiger partial charge on any atom is -0.508 e. The molecule has 1 saturated carbocycles. The molecule has 0 bridgehead atoms. The number of amides is 2. The molecule has 1 aliphatic rings. The van der Waals surface area contributed by atoms with E-state index < -0.39 is 11.9 Å². The van der Waals surface area contributed by atoms with Gasteiger partial charge in [0.15, 0.2) is 5.76 Å². The third kappa shape index (κ3) is 5.59. The zero-order valence-electron chi connectivity index (χ0n) is 21.4. The smallest absolute Gasteiger partial charge is 0.251 e. The van der Waals surface area contributed by atoms with E-state index in [9.17, 15) is 14.7 Å². The van der Waals surface area contributed by atoms with Crippen LogP contribution in [0.5, 0.6) is 5.75 Å². The molecule has 2 aromatic carbocycles. The van der Waals surface area contributed by atoms with Gasteiger partial charge < -0.3 is 14.8 Å². The van der Waals surface area contributed by atoms with Crippen LogP contribution in [-0.2, 0) is 16.1 Å². The maximum absolute atomic E-state index is 13.9. The molecule has 0 unspecified atom stereocenters. The van der Waals surface area contributed by atoms with E-state index in [4.69, 9.17) is 4.42 Å². The standard InChI is InChI=1S/C28H30N6O4/c1-18-6-5-9-22(16-18)34(25(36)17-33-31-27(30-32-33)24-15-10-19(2)38-24)26(20-11-13-23(35)14-12-20)28(37)29-21-7-3-4-8-21/h5-6,9-16,21,26,35H,3-4,7-8,17H2,1-2H3,(H,29,37)/t26-/m0/s1. The Kier molecular flexibility index (Phi) is 7.21. The third-order valence-electron chi connectivity index (χ3n) is 6.66. The lowest BCUT2D eigenvalue weighted by Gasteiger charge is -2.32. The monoisotopic (exact) mass is 514 g/mol. The summed E-state index contributed by atoms with van der Waals surface area (Å²) in [6.45, 7) is 3.50. The summed E-state index contributed by atoms with van der Waals surface area (Å²) in [6, 6.07) is 16.4. The van der Waals surface area contributed by atoms with Crippen LogP contribution in [0.25, 0.3) is 11.6 Å². The van der Waals surface area contributed by atoms with Crippen molar-refractivity contribution in [3.05, 3.63) is 77.6 Å². The molecule has 2 N–H and O–H groups in total. The van der Waals surface area contributed by atoms with Crippen molar-refractivity contribution in [3.8, 4) is 17.3 Å². The van der Waals surface area contributed by atoms with E-state index in [0.717, 1.165) is 31.2 Å². The van der Waals surface area contributed by atoms with Gasteiger partial charge in [-0.05, 0) is 79.4 Å². The average molecular weight is 515 g/mol. The Morgan fingerprint density at radius 1 is 1.11 bits per heavy atom. The van der Waals surface area contributed by atoms with Crippen molar-refractivity contribution < 1.29 is 19.1 Å². The van der Waals surface area contributed by atoms with Crippen LogP contribution in [0.1, 0.15) is 48.6 Å². The first kappa shape index (κ1) is 25.2. The van der Waals surface area contributed by atoms with E-state index in [0.29, 0.717) is 22.8 Å². The summed E-state index contributed by atoms with van der Waals surface area (Å²) in [7, 11) is 0. The number of aromatic hydroxyl groups is 1. The molecule has 0 spiro atoms. The third-order valence-corrected chi connectivity index (χ3v) is 6.66. The summed E-state index contributed by atoms with van der Waals surface area (Å²) in [5.41, 5.74) is 2.08. The lowest BCUT2D eigenvalue weighted by atomic mass is 10.0. The summed E-state index contributed by atoms with van der Waals surface area (Å²) in [4.78, 5) is 30.4. The van der Waals surface area contributed by atoms with Gasteiger partial charge in [0.05, 0.1) is 0 Å². The summed E-state index contributed by atoms with van der Waals surface area (Å²) in [5.74, 6) is 0.829. The molecule has 0 saturated heterocycles. The van der Waals surface area contributed by atoms with Crippen LogP contribution in [0, 0.1) is 13.8 Å². The van der Waals surface area contributed by atoms with Crippen LogP contribution in [0.2, 0.25) is 0 Å². The van der Waals surface area contributed by atoms with E-state index in [1.54, 1.807) is 30.3 Å². The minimum absolute atomic E-state index is 0.0628. The fourth-order valence-corrected chi connectivity index (χ4v) is 4.80. The van der Waals surface area contributed by atoms with Gasteiger partial charge in [0.25, 0.3) is 5.91 Å². The van der Waals surface area contributed by atoms with Gasteiger partial charge in [0.1, 0.15) is 24.1 Å². The molecule has 0 aliphatic heterocycles. The van der Waals surface area contributed by atoms with Crippen molar-refractivity contribution in [2.75, 3.05) is 4.90 Å². The largest absolute Gasteiger partial charge is 0.508 e. The molecule has 2 aromatic heterocycles. The van der Waals surface area contributed by atoms with Crippen LogP contribution in [-0.4, -0.2) is 43.2 Å². The molecule has 1 fully saturated rings. The van der Waals surface area contributed by atoms with Crippen molar-refractivity contribution in [1.82, 2.24) is 25.5 Å². The van der Waals surface area contributed by atoms with Crippen LogP contribution >= 0.6 is 0 Å². The van der Waals surface area contributed by atoms with Crippen molar-refractivity contribution in [1.29, 1.82) is 0 Å². The fourth-order valence-electron chi connectivity index (χ4n) is 4.80. The first-order valence-electron chi connectivity index (χ1n) is 12.7. The number of hydrogen-bond acceptors (Lipinski definition) is 7. The van der Waals surface area contributed by atoms with Gasteiger partial charge in [-0.15, -0.1) is 10.2 Å². The molecule has 2 amide bonds. The van der Waals surface area contributed by atoms with Gasteiger partial charge in [0.2, 0.25) is 11.7 Å². The number of rotatable bonds is 8. The van der Waals surface area contributed by atoms with Gasteiger partial charge in [-0.2, -0.15) is 4.80 Å². The van der Waals surface area contributed by atoms with Crippen LogP contribution in [0.3, 0.4) is 0 Å². The topological polar surface area (TPSA) is 126 Å². The summed E-state index contributed by atoms with van der Waals surface area (Å²) < 4.78 is 5.57. The zero-order valence-corrected chi connectivity index (χ0v) is 21.4. The number of carbonyl (C=O) groups is 2. The lowest BCUT2D eigenvalue weighted by Crippen LogP contribution is -2.47. The zero-order chi connectivity index (χ0) is 26.6. The lowest BCUT2D eigenvalue weighted by molar-refractivity contribution is -0.127. The molecule has 5 rings (SSSR count). The van der Waals surface area contributed by atoms with E-state index >= 15 is 0 Å². The van der Waals surface area contributed by atoms with Gasteiger partial charge in [-0.3, -0.25) is 14.5 Å². The number of hydrogen-bond donors (Lipinski definition) is 2. The van der Waals surface area contributed by atoms with Crippen LogP contribution in [0.4, 0.5) is 5.69 Å². The Hall–Kier alpha value is -4.47. The number of furan rings is 1. The van der Waals surface area contributed by atoms with Gasteiger partial charge >= 0.3 is 0 Å². The molecule has 0 radical (unpaired) electrons. The second-order valence-corrected chi connectivity index (χ2v) is 9.64. The number of nitrogens with zero attached hydrogens (tertiary/aromatic N) is 5. The average Bonchev–Trinajstić information content (AvgIpc) is 3.66. The molecule has 10 heteroatoms. The SMILES string of the molecule is Cc1cccc(N(C(=O)Cn2nnc(-c3ccc(C)o3)n2)[C@H](C(=O)NC2CCCC2)c2ccc(O)cc2)c1. The van der Waals surface area contributed by atoms with E-state index in [-0.39, 0.29) is 30.1 Å². The quantitative estimate of drug-likeness (QED) is 0.363. The number of carbonyl (C=O) groups excluding carboxylic acids is 2. The van der Waals surface area contributed by atoms with Crippen molar-refractivity contribution in [3.63, 3.8) is 0 Å². The molecule has 1 atom stereocenters. The minimum atomic E-state index is -0.971. The highest BCUT2D eigenvalue weighted by atomic mass is 16.3. The van der Waals surface area contributed by atoms with Crippen molar-refractivity contribution >= 4 is 17.5 Å². The predicted octanol–water partition coefficient (Wildman–Crippen LogP) is 4.09. The maximum Gasteiger partial charge on any atom is 0.251 e. The first-order valence-corrected chi connectivity index (χ1v) is 12.7. The van der Waals surface area contributed by atoms with Gasteiger partial charge in [-0.1, -0.05) is 37.1 Å². The molecule has 10 nitrogen and oxygen atoms in total. The Morgan fingerprint density at radius 2 is 1.87 bits per heavy atom. The van der Waals surface area contributed by atoms with Crippen LogP contribution in [0.15, 0.2) is 65.1 Å². The molecule has 2 heterocycles. The number of anilines is 1. The van der Waals surface area contributed by atoms with Gasteiger partial charge in [0, 0.05) is 11.7 Å². The second-order valence-electron chi connectivity index (χ2n) is 9.64. The van der Waals surface area contributed by atoms with E-state index in [2.05, 4.69) is 20.7 Å². The van der Waals surface area contributed by atoms with E-state index in [1.807, 2.05) is 32.0 Å². The molecule has 4 aromatic rings. The Labute approximate surface area is 220 Å². The number of aryl methyl sites for hydroxylation is 2. The molecule has 38 heavy (non-hydrogen) atoms. The molecular formula is C28H30N6O4. The molecular weight excluding hydrogens is 484 g/mol. The normalized spacial score (nSPS) is 14.4. The number of benzene rings is 2. The Balaban J connectivity index is 1.51. The summed E-state index contributed by atoms with van der Waals surface area (Å²) >= 11 is 0. The summed E-state index contributed by atoms with van der Waals surface area (Å²) in [5, 5.41) is 25.4. The second kappa shape index (κ2) is 10.9. The van der Waals surface area contributed by atoms with Gasteiger partial charge in [-0.25, -0.2) is 0 Å². The Bertz CT molecular complexity index is 1420. The maximum atomic E-state index is 13.9. The highest BCUT2D eigenvalue weighted by Crippen LogP contribution is 2.31. The van der Waals surface area contributed by atoms with Crippen molar-refractivity contribution in [2.24, 2.45) is 0 Å². The molecule has 1 aliphatic carbocycles. The number of phenols is 1. The highest BCUT2D eigenvalue weighted by Gasteiger charge is 2.35. The van der Waals surface area contributed by atoms with Crippen molar-refractivity contribution in [2.45, 2.75) is 58.2 Å². The summed E-state index contributed by atoms with van der Waals surface area (Å²) in [6.07, 6.45) is 3.93. The highest BCUT2D eigenvalue weighted by molar-refractivity contribution is 6.01.